The van der Waals surface area contributed by atoms with Gasteiger partial charge in [-0.2, -0.15) is 0 Å². The fourth-order valence-corrected chi connectivity index (χ4v) is 2.30. The second-order valence-corrected chi connectivity index (χ2v) is 5.80. The van der Waals surface area contributed by atoms with Crippen molar-refractivity contribution in [3.63, 3.8) is 0 Å². The predicted molar refractivity (Wildman–Crippen MR) is 95.8 cm³/mol. The number of carbonyl (C=O) groups is 1. The zero-order valence-corrected chi connectivity index (χ0v) is 14.7. The van der Waals surface area contributed by atoms with E-state index in [1.165, 1.54) is 0 Å². The quantitative estimate of drug-likeness (QED) is 0.734. The summed E-state index contributed by atoms with van der Waals surface area (Å²) in [7, 11) is 0. The van der Waals surface area contributed by atoms with Gasteiger partial charge in [-0.25, -0.2) is 0 Å². The number of aryl methyl sites for hydroxylation is 1. The van der Waals surface area contributed by atoms with Crippen LogP contribution in [0, 0.1) is 6.92 Å². The highest BCUT2D eigenvalue weighted by molar-refractivity contribution is 6.32. The van der Waals surface area contributed by atoms with Gasteiger partial charge >= 0.3 is 0 Å². The van der Waals surface area contributed by atoms with Crippen LogP contribution < -0.4 is 14.8 Å². The number of hydrogen-bond donors (Lipinski definition) is 1. The van der Waals surface area contributed by atoms with E-state index < -0.39 is 6.10 Å². The molecule has 4 nitrogen and oxygen atoms in total. The van der Waals surface area contributed by atoms with Crippen LogP contribution in [0.3, 0.4) is 0 Å². The number of benzene rings is 2. The Morgan fingerprint density at radius 3 is 2.54 bits per heavy atom. The highest BCUT2D eigenvalue weighted by atomic mass is 35.5. The van der Waals surface area contributed by atoms with Gasteiger partial charge in [0.15, 0.2) is 6.10 Å². The molecule has 24 heavy (non-hydrogen) atoms. The van der Waals surface area contributed by atoms with Gasteiger partial charge in [0.1, 0.15) is 18.1 Å². The molecule has 0 saturated heterocycles. The molecule has 2 aromatic carbocycles. The summed E-state index contributed by atoms with van der Waals surface area (Å²) in [6.07, 6.45) is 0.0680. The van der Waals surface area contributed by atoms with Crippen LogP contribution in [0.15, 0.2) is 48.5 Å². The smallest absolute Gasteiger partial charge is 0.261 e. The molecule has 2 rings (SSSR count). The Hall–Kier alpha value is -2.20. The first-order chi connectivity index (χ1) is 11.6. The number of amides is 1. The summed E-state index contributed by atoms with van der Waals surface area (Å²) in [5.74, 6) is 1.15. The molecule has 0 aliphatic rings. The minimum Gasteiger partial charge on any atom is -0.490 e. The van der Waals surface area contributed by atoms with Gasteiger partial charge in [0.05, 0.1) is 11.6 Å². The Morgan fingerprint density at radius 2 is 1.88 bits per heavy atom. The number of rotatable bonds is 8. The molecular formula is C19H22ClNO3. The summed E-state index contributed by atoms with van der Waals surface area (Å²) in [6.45, 7) is 4.65. The number of carbonyl (C=O) groups excluding carboxylic acids is 1. The molecular weight excluding hydrogens is 326 g/mol. The second-order valence-electron chi connectivity index (χ2n) is 5.40. The molecule has 0 saturated carbocycles. The van der Waals surface area contributed by atoms with E-state index in [0.717, 1.165) is 5.56 Å². The minimum absolute atomic E-state index is 0.152. The van der Waals surface area contributed by atoms with Crippen molar-refractivity contribution in [3.05, 3.63) is 59.1 Å². The topological polar surface area (TPSA) is 47.6 Å². The van der Waals surface area contributed by atoms with Crippen molar-refractivity contribution in [1.29, 1.82) is 0 Å². The lowest BCUT2D eigenvalue weighted by molar-refractivity contribution is -0.128. The van der Waals surface area contributed by atoms with Gasteiger partial charge in [-0.1, -0.05) is 48.4 Å². The molecule has 0 bridgehead atoms. The van der Waals surface area contributed by atoms with Crippen LogP contribution in [0.2, 0.25) is 5.02 Å². The first kappa shape index (κ1) is 18.1. The maximum Gasteiger partial charge on any atom is 0.261 e. The summed E-state index contributed by atoms with van der Waals surface area (Å²) in [4.78, 5) is 12.2. The highest BCUT2D eigenvalue weighted by Gasteiger charge is 2.17. The van der Waals surface area contributed by atoms with Crippen molar-refractivity contribution < 1.29 is 14.3 Å². The second kappa shape index (κ2) is 9.18. The first-order valence-corrected chi connectivity index (χ1v) is 8.36. The van der Waals surface area contributed by atoms with Crippen molar-refractivity contribution in [2.75, 3.05) is 13.2 Å². The third-order valence-electron chi connectivity index (χ3n) is 3.46. The lowest BCUT2D eigenvalue weighted by Crippen LogP contribution is -2.39. The minimum atomic E-state index is -0.520. The van der Waals surface area contributed by atoms with E-state index in [1.54, 1.807) is 12.1 Å². The fraction of sp³-hybridized carbons (Fsp3) is 0.316. The normalized spacial score (nSPS) is 11.6. The maximum absolute atomic E-state index is 12.2. The third-order valence-corrected chi connectivity index (χ3v) is 3.77. The summed E-state index contributed by atoms with van der Waals surface area (Å²) in [5, 5.41) is 3.38. The van der Waals surface area contributed by atoms with Gasteiger partial charge in [-0.3, -0.25) is 4.79 Å². The van der Waals surface area contributed by atoms with Crippen LogP contribution >= 0.6 is 11.6 Å². The molecule has 0 unspecified atom stereocenters. The van der Waals surface area contributed by atoms with E-state index in [4.69, 9.17) is 21.1 Å². The number of ether oxygens (including phenoxy) is 2. The summed E-state index contributed by atoms with van der Waals surface area (Å²) in [5.41, 5.74) is 1.15. The first-order valence-electron chi connectivity index (χ1n) is 7.98. The van der Waals surface area contributed by atoms with Crippen LogP contribution in [0.1, 0.15) is 18.9 Å². The van der Waals surface area contributed by atoms with E-state index in [1.807, 2.05) is 50.2 Å². The predicted octanol–water partition coefficient (Wildman–Crippen LogP) is 4.00. The standard InChI is InChI=1S/C19H22ClNO3/c1-3-17(24-15-10-8-14(2)9-11-15)19(22)21-12-13-23-18-7-5-4-6-16(18)20/h4-11,17H,3,12-13H2,1-2H3,(H,21,22)/t17-/m1/s1. The van der Waals surface area contributed by atoms with E-state index in [0.29, 0.717) is 36.1 Å². The van der Waals surface area contributed by atoms with Crippen molar-refractivity contribution in [2.45, 2.75) is 26.4 Å². The van der Waals surface area contributed by atoms with E-state index in [9.17, 15) is 4.79 Å². The average molecular weight is 348 g/mol. The highest BCUT2D eigenvalue weighted by Crippen LogP contribution is 2.22. The van der Waals surface area contributed by atoms with E-state index in [-0.39, 0.29) is 5.91 Å². The summed E-state index contributed by atoms with van der Waals surface area (Å²) >= 11 is 6.01. The maximum atomic E-state index is 12.2. The van der Waals surface area contributed by atoms with Gasteiger partial charge in [-0.05, 0) is 37.6 Å². The average Bonchev–Trinajstić information content (AvgIpc) is 2.59. The van der Waals surface area contributed by atoms with Crippen molar-refractivity contribution in [2.24, 2.45) is 0 Å². The van der Waals surface area contributed by atoms with Crippen LogP contribution in [0.25, 0.3) is 0 Å². The molecule has 2 aromatic rings. The van der Waals surface area contributed by atoms with Gasteiger partial charge in [0.2, 0.25) is 0 Å². The molecule has 5 heteroatoms. The fourth-order valence-electron chi connectivity index (χ4n) is 2.11. The molecule has 0 spiro atoms. The summed E-state index contributed by atoms with van der Waals surface area (Å²) in [6, 6.07) is 14.9. The number of hydrogen-bond acceptors (Lipinski definition) is 3. The zero-order valence-electron chi connectivity index (χ0n) is 13.9. The van der Waals surface area contributed by atoms with Gasteiger partial charge in [0, 0.05) is 0 Å². The number of nitrogens with one attached hydrogen (secondary N) is 1. The lowest BCUT2D eigenvalue weighted by Gasteiger charge is -2.17. The van der Waals surface area contributed by atoms with Crippen molar-refractivity contribution in [3.8, 4) is 11.5 Å². The largest absolute Gasteiger partial charge is 0.490 e. The molecule has 128 valence electrons. The molecule has 0 aromatic heterocycles. The Balaban J connectivity index is 1.77. The van der Waals surface area contributed by atoms with Crippen molar-refractivity contribution in [1.82, 2.24) is 5.32 Å². The van der Waals surface area contributed by atoms with Crippen LogP contribution in [0.4, 0.5) is 0 Å². The Labute approximate surface area is 147 Å². The SMILES string of the molecule is CC[C@@H](Oc1ccc(C)cc1)C(=O)NCCOc1ccccc1Cl. The van der Waals surface area contributed by atoms with Gasteiger partial charge in [0.25, 0.3) is 5.91 Å². The Morgan fingerprint density at radius 1 is 1.17 bits per heavy atom. The molecule has 1 N–H and O–H groups in total. The number of halogens is 1. The van der Waals surface area contributed by atoms with Crippen molar-refractivity contribution >= 4 is 17.5 Å². The van der Waals surface area contributed by atoms with E-state index in [2.05, 4.69) is 5.32 Å². The summed E-state index contributed by atoms with van der Waals surface area (Å²) < 4.78 is 11.3. The third kappa shape index (κ3) is 5.46. The van der Waals surface area contributed by atoms with Crippen LogP contribution in [-0.2, 0) is 4.79 Å². The molecule has 1 atom stereocenters. The molecule has 0 heterocycles. The van der Waals surface area contributed by atoms with Gasteiger partial charge in [-0.15, -0.1) is 0 Å². The van der Waals surface area contributed by atoms with Gasteiger partial charge < -0.3 is 14.8 Å². The van der Waals surface area contributed by atoms with E-state index >= 15 is 0 Å². The zero-order chi connectivity index (χ0) is 17.4. The molecule has 0 fully saturated rings. The molecule has 0 radical (unpaired) electrons. The number of para-hydroxylation sites is 1. The molecule has 1 amide bonds. The Bertz CT molecular complexity index is 658. The monoisotopic (exact) mass is 347 g/mol. The van der Waals surface area contributed by atoms with Crippen LogP contribution in [-0.4, -0.2) is 25.2 Å². The van der Waals surface area contributed by atoms with Crippen LogP contribution in [0.5, 0.6) is 11.5 Å². The Kier molecular flexibility index (Phi) is 6.94. The lowest BCUT2D eigenvalue weighted by atomic mass is 10.2. The molecule has 0 aliphatic carbocycles. The molecule has 0 aliphatic heterocycles.